The molecule has 1 aliphatic rings. The summed E-state index contributed by atoms with van der Waals surface area (Å²) in [5.74, 6) is -6.37. The van der Waals surface area contributed by atoms with Gasteiger partial charge in [0.1, 0.15) is 5.82 Å². The van der Waals surface area contributed by atoms with Gasteiger partial charge in [-0.1, -0.05) is 43.3 Å². The van der Waals surface area contributed by atoms with E-state index in [2.05, 4.69) is 0 Å². The molecule has 0 fully saturated rings. The molecule has 0 bridgehead atoms. The summed E-state index contributed by atoms with van der Waals surface area (Å²) >= 11 is 0. The van der Waals surface area contributed by atoms with Crippen molar-refractivity contribution < 1.29 is 22.0 Å². The molecule has 5 heteroatoms. The number of aryl methyl sites for hydroxylation is 1. The first-order chi connectivity index (χ1) is 13.9. The predicted octanol–water partition coefficient (Wildman–Crippen LogP) is 6.88. The monoisotopic (exact) mass is 402 g/mol. The molecular formula is C24H19F5. The highest BCUT2D eigenvalue weighted by Gasteiger charge is 2.32. The Hall–Kier alpha value is -2.69. The molecule has 0 nitrogen and oxygen atoms in total. The summed E-state index contributed by atoms with van der Waals surface area (Å²) in [5.41, 5.74) is 0.742. The number of benzene rings is 3. The SMILES string of the molecule is CCc1ccc(C2CCc3c(F)c(-c4cccc(F)c4F)c(F)c(F)c3C2)cc1. The molecule has 0 aliphatic heterocycles. The first-order valence-electron chi connectivity index (χ1n) is 9.63. The lowest BCUT2D eigenvalue weighted by atomic mass is 9.78. The maximum atomic E-state index is 15.1. The molecule has 3 aromatic rings. The minimum atomic E-state index is -1.48. The third-order valence-corrected chi connectivity index (χ3v) is 5.80. The van der Waals surface area contributed by atoms with E-state index in [9.17, 15) is 17.6 Å². The van der Waals surface area contributed by atoms with E-state index in [0.717, 1.165) is 30.2 Å². The van der Waals surface area contributed by atoms with E-state index in [-0.39, 0.29) is 29.9 Å². The quantitative estimate of drug-likeness (QED) is 0.331. The smallest absolute Gasteiger partial charge is 0.169 e. The van der Waals surface area contributed by atoms with E-state index in [4.69, 9.17) is 0 Å². The van der Waals surface area contributed by atoms with Crippen molar-refractivity contribution in [1.82, 2.24) is 0 Å². The second-order valence-electron chi connectivity index (χ2n) is 7.41. The first kappa shape index (κ1) is 19.6. The molecule has 1 aliphatic carbocycles. The van der Waals surface area contributed by atoms with E-state index in [1.165, 1.54) is 5.56 Å². The second kappa shape index (κ2) is 7.62. The molecule has 0 N–H and O–H groups in total. The molecule has 29 heavy (non-hydrogen) atoms. The Balaban J connectivity index is 1.78. The molecule has 1 atom stereocenters. The van der Waals surface area contributed by atoms with Crippen LogP contribution in [0.5, 0.6) is 0 Å². The van der Waals surface area contributed by atoms with Crippen LogP contribution in [0.1, 0.15) is 41.5 Å². The van der Waals surface area contributed by atoms with Crippen LogP contribution in [0.25, 0.3) is 11.1 Å². The largest absolute Gasteiger partial charge is 0.206 e. The van der Waals surface area contributed by atoms with E-state index in [1.807, 2.05) is 31.2 Å². The maximum Gasteiger partial charge on any atom is 0.169 e. The number of rotatable bonds is 3. The lowest BCUT2D eigenvalue weighted by Gasteiger charge is -2.27. The molecule has 0 heterocycles. The van der Waals surface area contributed by atoms with Crippen LogP contribution in [-0.2, 0) is 19.3 Å². The predicted molar refractivity (Wildman–Crippen MR) is 102 cm³/mol. The van der Waals surface area contributed by atoms with Crippen LogP contribution in [0.3, 0.4) is 0 Å². The van der Waals surface area contributed by atoms with E-state index in [1.54, 1.807) is 0 Å². The topological polar surface area (TPSA) is 0 Å². The summed E-state index contributed by atoms with van der Waals surface area (Å²) in [6.45, 7) is 2.05. The van der Waals surface area contributed by atoms with Crippen LogP contribution in [0.15, 0.2) is 42.5 Å². The van der Waals surface area contributed by atoms with Gasteiger partial charge in [-0.15, -0.1) is 0 Å². The van der Waals surface area contributed by atoms with Crippen LogP contribution in [0, 0.1) is 29.1 Å². The van der Waals surface area contributed by atoms with E-state index >= 15 is 4.39 Å². The molecule has 0 saturated carbocycles. The number of fused-ring (bicyclic) bond motifs is 1. The van der Waals surface area contributed by atoms with Crippen molar-refractivity contribution in [3.05, 3.63) is 93.8 Å². The average molecular weight is 402 g/mol. The highest BCUT2D eigenvalue weighted by atomic mass is 19.2. The third-order valence-electron chi connectivity index (χ3n) is 5.80. The first-order valence-corrected chi connectivity index (χ1v) is 9.63. The van der Waals surface area contributed by atoms with Crippen molar-refractivity contribution in [2.45, 2.75) is 38.5 Å². The number of halogens is 5. The zero-order valence-electron chi connectivity index (χ0n) is 15.8. The molecule has 0 spiro atoms. The minimum absolute atomic E-state index is 0.0172. The lowest BCUT2D eigenvalue weighted by Crippen LogP contribution is -2.18. The highest BCUT2D eigenvalue weighted by molar-refractivity contribution is 5.68. The van der Waals surface area contributed by atoms with Gasteiger partial charge in [0.2, 0.25) is 0 Å². The zero-order chi connectivity index (χ0) is 20.7. The summed E-state index contributed by atoms with van der Waals surface area (Å²) < 4.78 is 72.5. The van der Waals surface area contributed by atoms with Crippen molar-refractivity contribution in [1.29, 1.82) is 0 Å². The Morgan fingerprint density at radius 3 is 2.21 bits per heavy atom. The summed E-state index contributed by atoms with van der Waals surface area (Å²) in [6.07, 6.45) is 1.82. The molecule has 3 aromatic carbocycles. The van der Waals surface area contributed by atoms with Crippen LogP contribution in [-0.4, -0.2) is 0 Å². The fourth-order valence-corrected chi connectivity index (χ4v) is 4.14. The van der Waals surface area contributed by atoms with Gasteiger partial charge in [0.25, 0.3) is 0 Å². The van der Waals surface area contributed by atoms with Crippen LogP contribution in [0.2, 0.25) is 0 Å². The van der Waals surface area contributed by atoms with Gasteiger partial charge in [0, 0.05) is 5.56 Å². The molecular weight excluding hydrogens is 383 g/mol. The van der Waals surface area contributed by atoms with Gasteiger partial charge < -0.3 is 0 Å². The second-order valence-corrected chi connectivity index (χ2v) is 7.41. The maximum absolute atomic E-state index is 15.1. The molecule has 0 amide bonds. The summed E-state index contributed by atoms with van der Waals surface area (Å²) in [4.78, 5) is 0. The normalized spacial score (nSPS) is 16.0. The van der Waals surface area contributed by atoms with Gasteiger partial charge in [-0.05, 0) is 59.9 Å². The molecule has 4 rings (SSSR count). The van der Waals surface area contributed by atoms with Crippen molar-refractivity contribution in [2.24, 2.45) is 0 Å². The zero-order valence-corrected chi connectivity index (χ0v) is 15.8. The molecule has 150 valence electrons. The van der Waals surface area contributed by atoms with E-state index in [0.29, 0.717) is 6.42 Å². The Labute approximate surface area is 166 Å². The summed E-state index contributed by atoms with van der Waals surface area (Å²) in [6, 6.07) is 11.0. The third kappa shape index (κ3) is 3.33. The fourth-order valence-electron chi connectivity index (χ4n) is 4.14. The minimum Gasteiger partial charge on any atom is -0.206 e. The molecule has 1 unspecified atom stereocenters. The Bertz CT molecular complexity index is 1070. The Morgan fingerprint density at radius 1 is 0.793 bits per heavy atom. The average Bonchev–Trinajstić information content (AvgIpc) is 2.75. The molecule has 0 radical (unpaired) electrons. The van der Waals surface area contributed by atoms with Crippen molar-refractivity contribution >= 4 is 0 Å². The Morgan fingerprint density at radius 2 is 1.52 bits per heavy atom. The van der Waals surface area contributed by atoms with Crippen molar-refractivity contribution in [3.63, 3.8) is 0 Å². The Kier molecular flexibility index (Phi) is 5.15. The van der Waals surface area contributed by atoms with Crippen molar-refractivity contribution in [3.8, 4) is 11.1 Å². The number of hydrogen-bond donors (Lipinski definition) is 0. The van der Waals surface area contributed by atoms with Gasteiger partial charge in [-0.3, -0.25) is 0 Å². The van der Waals surface area contributed by atoms with Gasteiger partial charge in [-0.25, -0.2) is 22.0 Å². The van der Waals surface area contributed by atoms with E-state index < -0.39 is 40.2 Å². The van der Waals surface area contributed by atoms with Crippen LogP contribution < -0.4 is 0 Å². The summed E-state index contributed by atoms with van der Waals surface area (Å²) in [5, 5.41) is 0. The fraction of sp³-hybridized carbons (Fsp3) is 0.250. The number of hydrogen-bond acceptors (Lipinski definition) is 0. The van der Waals surface area contributed by atoms with Gasteiger partial charge in [0.15, 0.2) is 23.3 Å². The van der Waals surface area contributed by atoms with Crippen molar-refractivity contribution in [2.75, 3.05) is 0 Å². The standard InChI is InChI=1S/C24H19F5/c1-2-13-6-8-14(9-7-13)15-10-11-16-18(12-15)23(28)24(29)20(22(16)27)17-4-3-5-19(25)21(17)26/h3-9,15H,2,10-12H2,1H3. The molecule has 0 aromatic heterocycles. The highest BCUT2D eigenvalue weighted by Crippen LogP contribution is 2.41. The summed E-state index contributed by atoms with van der Waals surface area (Å²) in [7, 11) is 0. The molecule has 0 saturated heterocycles. The lowest BCUT2D eigenvalue weighted by molar-refractivity contribution is 0.456. The van der Waals surface area contributed by atoms with Crippen LogP contribution in [0.4, 0.5) is 22.0 Å². The van der Waals surface area contributed by atoms with Gasteiger partial charge in [-0.2, -0.15) is 0 Å². The van der Waals surface area contributed by atoms with Gasteiger partial charge in [0.05, 0.1) is 5.56 Å². The van der Waals surface area contributed by atoms with Crippen LogP contribution >= 0.6 is 0 Å². The van der Waals surface area contributed by atoms with Gasteiger partial charge >= 0.3 is 0 Å².